The second-order valence-electron chi connectivity index (χ2n) is 5.95. The summed E-state index contributed by atoms with van der Waals surface area (Å²) in [5, 5.41) is 8.22. The number of rotatable bonds is 3. The Morgan fingerprint density at radius 3 is 2.64 bits per heavy atom. The lowest BCUT2D eigenvalue weighted by atomic mass is 9.99. The van der Waals surface area contributed by atoms with E-state index in [1.807, 2.05) is 18.7 Å². The van der Waals surface area contributed by atoms with E-state index in [4.69, 9.17) is 0 Å². The molecule has 0 saturated carbocycles. The first-order valence-corrected chi connectivity index (χ1v) is 8.26. The van der Waals surface area contributed by atoms with E-state index in [0.717, 1.165) is 43.0 Å². The monoisotopic (exact) mass is 320 g/mol. The molecule has 1 fully saturated rings. The Bertz CT molecular complexity index is 671. The molecule has 0 spiro atoms. The zero-order valence-electron chi connectivity index (χ0n) is 13.1. The number of carbonyl (C=O) groups excluding carboxylic acids is 1. The quantitative estimate of drug-likeness (QED) is 0.859. The van der Waals surface area contributed by atoms with E-state index in [9.17, 15) is 4.79 Å². The molecule has 3 heterocycles. The second-order valence-corrected chi connectivity index (χ2v) is 6.48. The summed E-state index contributed by atoms with van der Waals surface area (Å²) in [5.74, 6) is 0.685. The van der Waals surface area contributed by atoms with Gasteiger partial charge < -0.3 is 4.90 Å². The zero-order valence-corrected chi connectivity index (χ0v) is 13.9. The van der Waals surface area contributed by atoms with Crippen LogP contribution in [0.5, 0.6) is 0 Å². The Kier molecular flexibility index (Phi) is 4.19. The molecule has 1 amide bonds. The fourth-order valence-electron chi connectivity index (χ4n) is 2.60. The summed E-state index contributed by atoms with van der Waals surface area (Å²) in [6.45, 7) is 8.16. The third-order valence-corrected chi connectivity index (χ3v) is 4.96. The van der Waals surface area contributed by atoms with Crippen molar-refractivity contribution in [2.45, 2.75) is 40.2 Å². The Hall–Kier alpha value is -1.83. The summed E-state index contributed by atoms with van der Waals surface area (Å²) < 4.78 is 10.1. The summed E-state index contributed by atoms with van der Waals surface area (Å²) in [6, 6.07) is 0. The van der Waals surface area contributed by atoms with E-state index >= 15 is 0 Å². The molecular formula is C14H20N6OS. The van der Waals surface area contributed by atoms with Crippen molar-refractivity contribution in [3.8, 4) is 0 Å². The Morgan fingerprint density at radius 1 is 1.27 bits per heavy atom. The fourth-order valence-corrected chi connectivity index (χ4v) is 3.16. The molecule has 0 N–H and O–H groups in total. The van der Waals surface area contributed by atoms with Crippen molar-refractivity contribution in [2.24, 2.45) is 5.92 Å². The number of amides is 1. The highest BCUT2D eigenvalue weighted by molar-refractivity contribution is 6.99. The van der Waals surface area contributed by atoms with Crippen LogP contribution < -0.4 is 0 Å². The molecule has 0 radical (unpaired) electrons. The SMILES string of the molecule is Cc1nsnc1Cn1nnc(C(=O)N2CCC(C)CC2)c1C. The molecule has 3 rings (SSSR count). The minimum Gasteiger partial charge on any atom is -0.337 e. The van der Waals surface area contributed by atoms with Gasteiger partial charge in [0.25, 0.3) is 5.91 Å². The van der Waals surface area contributed by atoms with E-state index in [-0.39, 0.29) is 5.91 Å². The maximum absolute atomic E-state index is 12.6. The maximum atomic E-state index is 12.6. The first-order chi connectivity index (χ1) is 10.6. The number of aryl methyl sites for hydroxylation is 1. The normalized spacial score (nSPS) is 16.2. The molecule has 118 valence electrons. The smallest absolute Gasteiger partial charge is 0.276 e. The van der Waals surface area contributed by atoms with Gasteiger partial charge >= 0.3 is 0 Å². The predicted molar refractivity (Wildman–Crippen MR) is 82.8 cm³/mol. The number of likely N-dealkylation sites (tertiary alicyclic amines) is 1. The van der Waals surface area contributed by atoms with Crippen LogP contribution in [0.4, 0.5) is 0 Å². The summed E-state index contributed by atoms with van der Waals surface area (Å²) in [5.41, 5.74) is 3.02. The summed E-state index contributed by atoms with van der Waals surface area (Å²) >= 11 is 1.19. The Balaban J connectivity index is 1.75. The number of piperidine rings is 1. The molecule has 1 saturated heterocycles. The van der Waals surface area contributed by atoms with Gasteiger partial charge in [0.05, 0.1) is 35.4 Å². The van der Waals surface area contributed by atoms with Crippen molar-refractivity contribution in [2.75, 3.05) is 13.1 Å². The Morgan fingerprint density at radius 2 is 2.00 bits per heavy atom. The van der Waals surface area contributed by atoms with Crippen LogP contribution in [0.15, 0.2) is 0 Å². The van der Waals surface area contributed by atoms with E-state index in [2.05, 4.69) is 26.0 Å². The summed E-state index contributed by atoms with van der Waals surface area (Å²) in [6.07, 6.45) is 2.12. The lowest BCUT2D eigenvalue weighted by molar-refractivity contribution is 0.0690. The van der Waals surface area contributed by atoms with Gasteiger partial charge in [0.2, 0.25) is 0 Å². The van der Waals surface area contributed by atoms with Crippen molar-refractivity contribution in [3.05, 3.63) is 22.8 Å². The van der Waals surface area contributed by atoms with Gasteiger partial charge in [0, 0.05) is 13.1 Å². The van der Waals surface area contributed by atoms with Crippen LogP contribution in [0.3, 0.4) is 0 Å². The largest absolute Gasteiger partial charge is 0.337 e. The van der Waals surface area contributed by atoms with E-state index in [0.29, 0.717) is 18.2 Å². The average Bonchev–Trinajstić information content (AvgIpc) is 3.07. The molecule has 0 atom stereocenters. The van der Waals surface area contributed by atoms with Gasteiger partial charge in [-0.15, -0.1) is 5.10 Å². The number of hydrogen-bond acceptors (Lipinski definition) is 6. The zero-order chi connectivity index (χ0) is 15.7. The van der Waals surface area contributed by atoms with Gasteiger partial charge in [0.15, 0.2) is 5.69 Å². The van der Waals surface area contributed by atoms with Gasteiger partial charge in [-0.2, -0.15) is 8.75 Å². The molecular weight excluding hydrogens is 300 g/mol. The lowest BCUT2D eigenvalue weighted by Crippen LogP contribution is -2.38. The predicted octanol–water partition coefficient (Wildman–Crippen LogP) is 1.67. The minimum absolute atomic E-state index is 0.0104. The van der Waals surface area contributed by atoms with Crippen molar-refractivity contribution in [1.29, 1.82) is 0 Å². The van der Waals surface area contributed by atoms with Crippen LogP contribution >= 0.6 is 11.7 Å². The minimum atomic E-state index is -0.0104. The van der Waals surface area contributed by atoms with E-state index < -0.39 is 0 Å². The second kappa shape index (κ2) is 6.12. The summed E-state index contributed by atoms with van der Waals surface area (Å²) in [7, 11) is 0. The van der Waals surface area contributed by atoms with Gasteiger partial charge in [-0.3, -0.25) is 4.79 Å². The lowest BCUT2D eigenvalue weighted by Gasteiger charge is -2.29. The van der Waals surface area contributed by atoms with Crippen molar-refractivity contribution < 1.29 is 4.79 Å². The molecule has 2 aromatic rings. The van der Waals surface area contributed by atoms with Crippen LogP contribution in [-0.4, -0.2) is 47.6 Å². The third-order valence-electron chi connectivity index (χ3n) is 4.30. The number of carbonyl (C=O) groups is 1. The maximum Gasteiger partial charge on any atom is 0.276 e. The molecule has 7 nitrogen and oxygen atoms in total. The van der Waals surface area contributed by atoms with Gasteiger partial charge in [-0.1, -0.05) is 12.1 Å². The Labute approximate surface area is 133 Å². The molecule has 0 unspecified atom stereocenters. The van der Waals surface area contributed by atoms with Gasteiger partial charge in [0.1, 0.15) is 0 Å². The molecule has 0 aromatic carbocycles. The van der Waals surface area contributed by atoms with E-state index in [1.54, 1.807) is 4.68 Å². The number of nitrogens with zero attached hydrogens (tertiary/aromatic N) is 6. The third kappa shape index (κ3) is 2.87. The number of aromatic nitrogens is 5. The molecule has 8 heteroatoms. The van der Waals surface area contributed by atoms with Crippen molar-refractivity contribution in [3.63, 3.8) is 0 Å². The highest BCUT2D eigenvalue weighted by Gasteiger charge is 2.26. The molecule has 1 aliphatic heterocycles. The average molecular weight is 320 g/mol. The van der Waals surface area contributed by atoms with Crippen LogP contribution in [0, 0.1) is 19.8 Å². The van der Waals surface area contributed by atoms with Gasteiger partial charge in [-0.05, 0) is 32.6 Å². The van der Waals surface area contributed by atoms with E-state index in [1.165, 1.54) is 11.7 Å². The molecule has 22 heavy (non-hydrogen) atoms. The highest BCUT2D eigenvalue weighted by atomic mass is 32.1. The first kappa shape index (κ1) is 15.1. The standard InChI is InChI=1S/C14H20N6OS/c1-9-4-6-19(7-5-9)14(21)13-11(3)20(18-15-13)8-12-10(2)16-22-17-12/h9H,4-8H2,1-3H3. The fraction of sp³-hybridized carbons (Fsp3) is 0.643. The number of hydrogen-bond donors (Lipinski definition) is 0. The topological polar surface area (TPSA) is 76.8 Å². The molecule has 0 bridgehead atoms. The van der Waals surface area contributed by atoms with Crippen LogP contribution in [0.25, 0.3) is 0 Å². The highest BCUT2D eigenvalue weighted by Crippen LogP contribution is 2.19. The van der Waals surface area contributed by atoms with Crippen LogP contribution in [-0.2, 0) is 6.54 Å². The first-order valence-electron chi connectivity index (χ1n) is 7.53. The van der Waals surface area contributed by atoms with Crippen LogP contribution in [0.1, 0.15) is 47.3 Å². The molecule has 1 aliphatic rings. The molecule has 0 aliphatic carbocycles. The summed E-state index contributed by atoms with van der Waals surface area (Å²) in [4.78, 5) is 14.5. The van der Waals surface area contributed by atoms with Crippen molar-refractivity contribution >= 4 is 17.6 Å². The van der Waals surface area contributed by atoms with Gasteiger partial charge in [-0.25, -0.2) is 4.68 Å². The van der Waals surface area contributed by atoms with Crippen LogP contribution in [0.2, 0.25) is 0 Å². The molecule has 2 aromatic heterocycles. The van der Waals surface area contributed by atoms with Crippen molar-refractivity contribution in [1.82, 2.24) is 28.6 Å².